The summed E-state index contributed by atoms with van der Waals surface area (Å²) in [5.41, 5.74) is 1.53. The molecule has 9 heteroatoms. The van der Waals surface area contributed by atoms with Gasteiger partial charge in [0.1, 0.15) is 0 Å². The fraction of sp³-hybridized carbons (Fsp3) is 0.333. The normalized spacial score (nSPS) is 12.0. The molecule has 0 aromatic heterocycles. The van der Waals surface area contributed by atoms with Crippen molar-refractivity contribution >= 4 is 27.5 Å². The van der Waals surface area contributed by atoms with Crippen molar-refractivity contribution < 1.29 is 32.2 Å². The maximum absolute atomic E-state index is 12.5. The highest BCUT2D eigenvalue weighted by atomic mass is 32.2. The van der Waals surface area contributed by atoms with E-state index in [1.54, 1.807) is 19.2 Å². The smallest absolute Gasteiger partial charge is 0.306 e. The maximum atomic E-state index is 12.5. The van der Waals surface area contributed by atoms with Gasteiger partial charge in [0.15, 0.2) is 17.6 Å². The number of sulfonamides is 1. The van der Waals surface area contributed by atoms with Crippen LogP contribution in [-0.4, -0.2) is 46.7 Å². The summed E-state index contributed by atoms with van der Waals surface area (Å²) >= 11 is 0. The second-order valence-corrected chi connectivity index (χ2v) is 8.39. The van der Waals surface area contributed by atoms with Crippen LogP contribution in [0.1, 0.15) is 29.3 Å². The minimum atomic E-state index is -3.40. The van der Waals surface area contributed by atoms with Crippen molar-refractivity contribution in [3.05, 3.63) is 53.6 Å². The number of hydrogen-bond donors (Lipinski definition) is 1. The Morgan fingerprint density at radius 3 is 2.20 bits per heavy atom. The Bertz CT molecular complexity index is 1000. The highest BCUT2D eigenvalue weighted by Crippen LogP contribution is 2.28. The molecular formula is C21H25NO7S. The van der Waals surface area contributed by atoms with Gasteiger partial charge >= 0.3 is 5.97 Å². The van der Waals surface area contributed by atoms with Gasteiger partial charge in [0.25, 0.3) is 0 Å². The number of nitrogens with one attached hydrogen (secondary N) is 1. The molecule has 1 N–H and O–H groups in total. The standard InChI is InChI=1S/C21H25NO7S/c1-14(21(24)16-7-9-17(10-8-16)22-30(4,25)26)29-20(23)12-6-15-5-11-18(27-2)19(13-15)28-3/h5,7-11,13-14,22H,6,12H2,1-4H3. The lowest BCUT2D eigenvalue weighted by Gasteiger charge is -2.13. The molecule has 0 amide bonds. The number of esters is 1. The quantitative estimate of drug-likeness (QED) is 0.452. The monoisotopic (exact) mass is 435 g/mol. The van der Waals surface area contributed by atoms with Crippen molar-refractivity contribution in [2.24, 2.45) is 0 Å². The largest absolute Gasteiger partial charge is 0.493 e. The maximum Gasteiger partial charge on any atom is 0.306 e. The van der Waals surface area contributed by atoms with Crippen LogP contribution in [0.3, 0.4) is 0 Å². The number of aryl methyl sites for hydroxylation is 1. The van der Waals surface area contributed by atoms with Gasteiger partial charge in [-0.2, -0.15) is 0 Å². The first-order valence-corrected chi connectivity index (χ1v) is 11.0. The second-order valence-electron chi connectivity index (χ2n) is 6.64. The molecule has 2 aromatic carbocycles. The lowest BCUT2D eigenvalue weighted by molar-refractivity contribution is -0.146. The molecule has 0 heterocycles. The van der Waals surface area contributed by atoms with Crippen molar-refractivity contribution in [3.8, 4) is 11.5 Å². The first-order chi connectivity index (χ1) is 14.1. The zero-order chi connectivity index (χ0) is 22.3. The van der Waals surface area contributed by atoms with Crippen LogP contribution < -0.4 is 14.2 Å². The minimum Gasteiger partial charge on any atom is -0.493 e. The topological polar surface area (TPSA) is 108 Å². The molecular weight excluding hydrogens is 410 g/mol. The van der Waals surface area contributed by atoms with Gasteiger partial charge < -0.3 is 14.2 Å². The van der Waals surface area contributed by atoms with E-state index in [4.69, 9.17) is 14.2 Å². The highest BCUT2D eigenvalue weighted by molar-refractivity contribution is 7.92. The molecule has 30 heavy (non-hydrogen) atoms. The number of carbonyl (C=O) groups is 2. The van der Waals surface area contributed by atoms with E-state index in [-0.39, 0.29) is 12.2 Å². The molecule has 8 nitrogen and oxygen atoms in total. The second kappa shape index (κ2) is 10.1. The first kappa shape index (κ1) is 23.2. The Kier molecular flexibility index (Phi) is 7.82. The van der Waals surface area contributed by atoms with Crippen molar-refractivity contribution in [1.29, 1.82) is 0 Å². The molecule has 0 bridgehead atoms. The predicted molar refractivity (Wildman–Crippen MR) is 113 cm³/mol. The molecule has 162 valence electrons. The summed E-state index contributed by atoms with van der Waals surface area (Å²) in [5, 5.41) is 0. The van der Waals surface area contributed by atoms with E-state index in [2.05, 4.69) is 4.72 Å². The number of hydrogen-bond acceptors (Lipinski definition) is 7. The molecule has 0 aliphatic heterocycles. The number of methoxy groups -OCH3 is 2. The highest BCUT2D eigenvalue weighted by Gasteiger charge is 2.20. The molecule has 0 saturated carbocycles. The fourth-order valence-corrected chi connectivity index (χ4v) is 3.31. The molecule has 0 spiro atoms. The van der Waals surface area contributed by atoms with Crippen molar-refractivity contribution in [1.82, 2.24) is 0 Å². The fourth-order valence-electron chi connectivity index (χ4n) is 2.74. The third kappa shape index (κ3) is 6.77. The number of ether oxygens (including phenoxy) is 3. The van der Waals surface area contributed by atoms with Crippen LogP contribution in [0.15, 0.2) is 42.5 Å². The van der Waals surface area contributed by atoms with Gasteiger partial charge in [0.2, 0.25) is 15.8 Å². The number of benzene rings is 2. The van der Waals surface area contributed by atoms with E-state index < -0.39 is 22.1 Å². The van der Waals surface area contributed by atoms with Crippen LogP contribution in [0.25, 0.3) is 0 Å². The van der Waals surface area contributed by atoms with E-state index in [9.17, 15) is 18.0 Å². The number of rotatable bonds is 10. The summed E-state index contributed by atoms with van der Waals surface area (Å²) in [5.74, 6) is 0.294. The van der Waals surface area contributed by atoms with Gasteiger partial charge in [-0.3, -0.25) is 14.3 Å². The van der Waals surface area contributed by atoms with Gasteiger partial charge in [-0.25, -0.2) is 8.42 Å². The molecule has 2 aromatic rings. The van der Waals surface area contributed by atoms with Gasteiger partial charge in [-0.1, -0.05) is 6.07 Å². The summed E-state index contributed by atoms with van der Waals surface area (Å²) in [6.07, 6.45) is 0.600. The molecule has 0 aliphatic rings. The van der Waals surface area contributed by atoms with E-state index in [1.165, 1.54) is 38.3 Å². The van der Waals surface area contributed by atoms with Crippen molar-refractivity contribution in [2.75, 3.05) is 25.2 Å². The lowest BCUT2D eigenvalue weighted by Crippen LogP contribution is -2.24. The number of anilines is 1. The van der Waals surface area contributed by atoms with Crippen LogP contribution >= 0.6 is 0 Å². The molecule has 1 atom stereocenters. The molecule has 2 rings (SSSR count). The Labute approximate surface area is 176 Å². The van der Waals surface area contributed by atoms with Gasteiger partial charge in [0.05, 0.1) is 20.5 Å². The number of carbonyl (C=O) groups excluding carboxylic acids is 2. The van der Waals surface area contributed by atoms with E-state index in [0.717, 1.165) is 11.8 Å². The Balaban J connectivity index is 1.91. The Morgan fingerprint density at radius 1 is 1.00 bits per heavy atom. The molecule has 0 fully saturated rings. The summed E-state index contributed by atoms with van der Waals surface area (Å²) in [4.78, 5) is 24.6. The molecule has 0 radical (unpaired) electrons. The van der Waals surface area contributed by atoms with Crippen LogP contribution in [0, 0.1) is 0 Å². The number of ketones is 1. The number of Topliss-reactive ketones (excluding diaryl/α,β-unsaturated/α-hetero) is 1. The first-order valence-electron chi connectivity index (χ1n) is 9.15. The van der Waals surface area contributed by atoms with Crippen LogP contribution in [-0.2, 0) is 26.0 Å². The minimum absolute atomic E-state index is 0.102. The SMILES string of the molecule is COc1ccc(CCC(=O)OC(C)C(=O)c2ccc(NS(C)(=O)=O)cc2)cc1OC. The lowest BCUT2D eigenvalue weighted by atomic mass is 10.1. The van der Waals surface area contributed by atoms with Crippen LogP contribution in [0.5, 0.6) is 11.5 Å². The molecule has 0 saturated heterocycles. The average Bonchev–Trinajstić information content (AvgIpc) is 2.70. The zero-order valence-electron chi connectivity index (χ0n) is 17.3. The summed E-state index contributed by atoms with van der Waals surface area (Å²) in [7, 11) is -0.320. The zero-order valence-corrected chi connectivity index (χ0v) is 18.1. The summed E-state index contributed by atoms with van der Waals surface area (Å²) < 4.78 is 40.4. The summed E-state index contributed by atoms with van der Waals surface area (Å²) in [6, 6.07) is 11.3. The van der Waals surface area contributed by atoms with Gasteiger partial charge in [0, 0.05) is 17.7 Å². The van der Waals surface area contributed by atoms with Gasteiger partial charge in [-0.05, 0) is 55.3 Å². The van der Waals surface area contributed by atoms with Crippen molar-refractivity contribution in [3.63, 3.8) is 0 Å². The van der Waals surface area contributed by atoms with E-state index >= 15 is 0 Å². The molecule has 0 aliphatic carbocycles. The third-order valence-electron chi connectivity index (χ3n) is 4.22. The van der Waals surface area contributed by atoms with Gasteiger partial charge in [-0.15, -0.1) is 0 Å². The van der Waals surface area contributed by atoms with E-state index in [1.807, 2.05) is 6.07 Å². The average molecular weight is 435 g/mol. The van der Waals surface area contributed by atoms with Crippen molar-refractivity contribution in [2.45, 2.75) is 25.9 Å². The third-order valence-corrected chi connectivity index (χ3v) is 4.82. The predicted octanol–water partition coefficient (Wildman–Crippen LogP) is 2.82. The Morgan fingerprint density at radius 2 is 1.63 bits per heavy atom. The van der Waals surface area contributed by atoms with Crippen LogP contribution in [0.2, 0.25) is 0 Å². The molecule has 1 unspecified atom stereocenters. The van der Waals surface area contributed by atoms with E-state index in [0.29, 0.717) is 29.2 Å². The Hall–Kier alpha value is -3.07. The summed E-state index contributed by atoms with van der Waals surface area (Å²) in [6.45, 7) is 1.50. The van der Waals surface area contributed by atoms with Crippen LogP contribution in [0.4, 0.5) is 5.69 Å².